The maximum absolute atomic E-state index is 11.6. The van der Waals surface area contributed by atoms with Crippen LogP contribution in [0.1, 0.15) is 39.9 Å². The third-order valence-corrected chi connectivity index (χ3v) is 5.78. The molecule has 0 spiro atoms. The zero-order valence-corrected chi connectivity index (χ0v) is 14.2. The van der Waals surface area contributed by atoms with Gasteiger partial charge in [0.15, 0.2) is 0 Å². The van der Waals surface area contributed by atoms with Gasteiger partial charge in [-0.05, 0) is 35.6 Å². The van der Waals surface area contributed by atoms with E-state index in [1.54, 1.807) is 18.2 Å². The van der Waals surface area contributed by atoms with Crippen LogP contribution in [0.3, 0.4) is 0 Å². The number of carbonyl (C=O) groups is 1. The molecule has 0 saturated heterocycles. The van der Waals surface area contributed by atoms with E-state index in [-0.39, 0.29) is 23.4 Å². The van der Waals surface area contributed by atoms with Crippen LogP contribution in [-0.4, -0.2) is 11.1 Å². The van der Waals surface area contributed by atoms with Crippen LogP contribution in [0.5, 0.6) is 0 Å². The Balaban J connectivity index is 1.88. The van der Waals surface area contributed by atoms with Gasteiger partial charge >= 0.3 is 5.97 Å². The molecule has 1 aliphatic carbocycles. The smallest absolute Gasteiger partial charge is 0.337 e. The number of anilines is 1. The summed E-state index contributed by atoms with van der Waals surface area (Å²) in [5.41, 5.74) is 2.91. The minimum absolute atomic E-state index is 0.0794. The van der Waals surface area contributed by atoms with E-state index in [2.05, 4.69) is 17.5 Å². The van der Waals surface area contributed by atoms with Gasteiger partial charge in [-0.25, -0.2) is 4.79 Å². The molecule has 0 amide bonds. The number of hydrogen-bond acceptors (Lipinski definition) is 2. The molecule has 4 rings (SSSR count). The molecule has 0 saturated carbocycles. The Morgan fingerprint density at radius 3 is 2.67 bits per heavy atom. The minimum atomic E-state index is -0.935. The second-order valence-electron chi connectivity index (χ2n) is 6.19. The van der Waals surface area contributed by atoms with Gasteiger partial charge in [0.25, 0.3) is 0 Å². The fourth-order valence-electron chi connectivity index (χ4n) is 3.87. The molecule has 24 heavy (non-hydrogen) atoms. The van der Waals surface area contributed by atoms with Crippen LogP contribution < -0.4 is 5.32 Å². The fraction of sp³-hybridized carbons (Fsp3) is 0.211. The second-order valence-corrected chi connectivity index (χ2v) is 6.98. The summed E-state index contributed by atoms with van der Waals surface area (Å²) in [7, 11) is 0. The average molecular weight is 360 g/mol. The summed E-state index contributed by atoms with van der Waals surface area (Å²) in [6.07, 6.45) is 5.24. The molecule has 2 N–H and O–H groups in total. The summed E-state index contributed by atoms with van der Waals surface area (Å²) in [6.45, 7) is 0. The summed E-state index contributed by atoms with van der Waals surface area (Å²) in [4.78, 5) is 11.6. The molecule has 3 atom stereocenters. The Hall–Kier alpha value is -1.97. The number of nitrogens with one attached hydrogen (secondary N) is 1. The highest BCUT2D eigenvalue weighted by molar-refractivity contribution is 6.42. The van der Waals surface area contributed by atoms with Crippen molar-refractivity contribution in [3.63, 3.8) is 0 Å². The van der Waals surface area contributed by atoms with Gasteiger partial charge in [0, 0.05) is 5.92 Å². The van der Waals surface area contributed by atoms with E-state index in [0.29, 0.717) is 15.7 Å². The van der Waals surface area contributed by atoms with Crippen molar-refractivity contribution in [2.75, 3.05) is 5.32 Å². The van der Waals surface area contributed by atoms with Crippen molar-refractivity contribution in [1.82, 2.24) is 0 Å². The lowest BCUT2D eigenvalue weighted by Gasteiger charge is -2.38. The van der Waals surface area contributed by atoms with Crippen LogP contribution in [0.4, 0.5) is 5.69 Å². The number of allylic oxidation sites excluding steroid dienone is 2. The van der Waals surface area contributed by atoms with Crippen LogP contribution in [0.2, 0.25) is 10.0 Å². The van der Waals surface area contributed by atoms with E-state index < -0.39 is 5.97 Å². The molecule has 5 heteroatoms. The lowest BCUT2D eigenvalue weighted by molar-refractivity contribution is 0.0697. The lowest BCUT2D eigenvalue weighted by atomic mass is 9.76. The summed E-state index contributed by atoms with van der Waals surface area (Å²) >= 11 is 12.6. The van der Waals surface area contributed by atoms with E-state index in [1.165, 1.54) is 0 Å². The minimum Gasteiger partial charge on any atom is -0.478 e. The summed E-state index contributed by atoms with van der Waals surface area (Å²) < 4.78 is 0. The molecule has 0 aromatic heterocycles. The first-order chi connectivity index (χ1) is 11.6. The maximum Gasteiger partial charge on any atom is 0.337 e. The van der Waals surface area contributed by atoms with E-state index >= 15 is 0 Å². The first kappa shape index (κ1) is 15.6. The van der Waals surface area contributed by atoms with Crippen molar-refractivity contribution < 1.29 is 9.90 Å². The van der Waals surface area contributed by atoms with Crippen molar-refractivity contribution in [1.29, 1.82) is 0 Å². The summed E-state index contributed by atoms with van der Waals surface area (Å²) in [5.74, 6) is -0.464. The SMILES string of the molecule is O=C(O)c1cccc2c1N[C@@H](c1cccc(Cl)c1Cl)[C@H]1CC=C[C@H]21. The molecule has 0 bridgehead atoms. The molecule has 0 radical (unpaired) electrons. The summed E-state index contributed by atoms with van der Waals surface area (Å²) in [6, 6.07) is 10.9. The van der Waals surface area contributed by atoms with Gasteiger partial charge in [-0.3, -0.25) is 0 Å². The normalized spacial score (nSPS) is 24.2. The number of benzene rings is 2. The van der Waals surface area contributed by atoms with Crippen molar-refractivity contribution in [3.8, 4) is 0 Å². The van der Waals surface area contributed by atoms with Crippen LogP contribution in [0.25, 0.3) is 0 Å². The third kappa shape index (κ3) is 2.31. The maximum atomic E-state index is 11.6. The first-order valence-corrected chi connectivity index (χ1v) is 8.57. The molecule has 3 nitrogen and oxygen atoms in total. The molecule has 0 unspecified atom stereocenters. The van der Waals surface area contributed by atoms with Gasteiger partial charge in [0.05, 0.1) is 27.3 Å². The van der Waals surface area contributed by atoms with Crippen molar-refractivity contribution in [3.05, 3.63) is 75.3 Å². The van der Waals surface area contributed by atoms with Crippen molar-refractivity contribution in [2.45, 2.75) is 18.4 Å². The Bertz CT molecular complexity index is 862. The Morgan fingerprint density at radius 2 is 1.88 bits per heavy atom. The van der Waals surface area contributed by atoms with Gasteiger partial charge in [-0.2, -0.15) is 0 Å². The van der Waals surface area contributed by atoms with Gasteiger partial charge < -0.3 is 10.4 Å². The molecular formula is C19H15Cl2NO2. The van der Waals surface area contributed by atoms with Crippen LogP contribution in [0, 0.1) is 5.92 Å². The Kier molecular flexibility index (Phi) is 3.78. The van der Waals surface area contributed by atoms with Gasteiger partial charge in [0.1, 0.15) is 0 Å². The van der Waals surface area contributed by atoms with Crippen LogP contribution in [-0.2, 0) is 0 Å². The molecule has 122 valence electrons. The average Bonchev–Trinajstić information content (AvgIpc) is 3.06. The monoisotopic (exact) mass is 359 g/mol. The van der Waals surface area contributed by atoms with E-state index in [4.69, 9.17) is 23.2 Å². The predicted octanol–water partition coefficient (Wildman–Crippen LogP) is 5.52. The largest absolute Gasteiger partial charge is 0.478 e. The third-order valence-electron chi connectivity index (χ3n) is 4.94. The Labute approximate surface area is 149 Å². The number of fused-ring (bicyclic) bond motifs is 3. The predicted molar refractivity (Wildman–Crippen MR) is 96.2 cm³/mol. The molecule has 1 heterocycles. The Morgan fingerprint density at radius 1 is 1.12 bits per heavy atom. The fourth-order valence-corrected chi connectivity index (χ4v) is 4.29. The highest BCUT2D eigenvalue weighted by atomic mass is 35.5. The number of hydrogen-bond donors (Lipinski definition) is 2. The number of carboxylic acids is 1. The number of halogens is 2. The molecule has 1 aliphatic heterocycles. The standard InChI is InChI=1S/C19H15Cl2NO2/c20-15-9-3-7-13(16(15)21)17-11-5-1-4-10(11)12-6-2-8-14(19(23)24)18(12)22-17/h1-4,6-11,17,22H,5H2,(H,23,24)/t10-,11-,17+/m0/s1. The molecule has 0 fully saturated rings. The van der Waals surface area contributed by atoms with Gasteiger partial charge in [-0.1, -0.05) is 59.6 Å². The second kappa shape index (κ2) is 5.83. The van der Waals surface area contributed by atoms with E-state index in [1.807, 2.05) is 18.2 Å². The highest BCUT2D eigenvalue weighted by Gasteiger charge is 2.40. The number of para-hydroxylation sites is 1. The highest BCUT2D eigenvalue weighted by Crippen LogP contribution is 2.52. The van der Waals surface area contributed by atoms with Crippen LogP contribution >= 0.6 is 23.2 Å². The molecule has 2 aliphatic rings. The zero-order valence-electron chi connectivity index (χ0n) is 12.7. The number of aromatic carboxylic acids is 1. The van der Waals surface area contributed by atoms with E-state index in [9.17, 15) is 9.90 Å². The van der Waals surface area contributed by atoms with Gasteiger partial charge in [0.2, 0.25) is 0 Å². The summed E-state index contributed by atoms with van der Waals surface area (Å²) in [5, 5.41) is 14.0. The zero-order chi connectivity index (χ0) is 16.8. The van der Waals surface area contributed by atoms with Crippen molar-refractivity contribution in [2.24, 2.45) is 5.92 Å². The molecule has 2 aromatic rings. The van der Waals surface area contributed by atoms with Crippen molar-refractivity contribution >= 4 is 34.9 Å². The molecule has 2 aromatic carbocycles. The number of rotatable bonds is 2. The number of carboxylic acid groups (broad SMARTS) is 1. The molecular weight excluding hydrogens is 345 g/mol. The topological polar surface area (TPSA) is 49.3 Å². The first-order valence-electron chi connectivity index (χ1n) is 7.81. The lowest BCUT2D eigenvalue weighted by Crippen LogP contribution is -2.30. The van der Waals surface area contributed by atoms with Gasteiger partial charge in [-0.15, -0.1) is 0 Å². The quantitative estimate of drug-likeness (QED) is 0.694. The van der Waals surface area contributed by atoms with Crippen LogP contribution in [0.15, 0.2) is 48.6 Å². The van der Waals surface area contributed by atoms with E-state index in [0.717, 1.165) is 17.5 Å².